The molecule has 0 bridgehead atoms. The third-order valence-electron chi connectivity index (χ3n) is 3.26. The lowest BCUT2D eigenvalue weighted by molar-refractivity contribution is 0.475. The molecule has 2 aromatic rings. The normalized spacial score (nSPS) is 12.2. The summed E-state index contributed by atoms with van der Waals surface area (Å²) in [5.41, 5.74) is 3.16. The summed E-state index contributed by atoms with van der Waals surface area (Å²) in [4.78, 5) is 4.23. The highest BCUT2D eigenvalue weighted by Gasteiger charge is 2.06. The van der Waals surface area contributed by atoms with Gasteiger partial charge < -0.3 is 10.4 Å². The maximum absolute atomic E-state index is 9.25. The van der Waals surface area contributed by atoms with Crippen molar-refractivity contribution in [2.45, 2.75) is 32.7 Å². The van der Waals surface area contributed by atoms with E-state index in [2.05, 4.69) is 17.2 Å². The predicted molar refractivity (Wildman–Crippen MR) is 83.5 cm³/mol. The molecule has 0 spiro atoms. The highest BCUT2D eigenvalue weighted by atomic mass is 35.5. The van der Waals surface area contributed by atoms with Crippen LogP contribution in [0.25, 0.3) is 0 Å². The van der Waals surface area contributed by atoms with Gasteiger partial charge in [-0.2, -0.15) is 0 Å². The van der Waals surface area contributed by atoms with E-state index in [-0.39, 0.29) is 0 Å². The summed E-state index contributed by atoms with van der Waals surface area (Å²) in [6.45, 7) is 4.09. The Bertz CT molecular complexity index is 569. The van der Waals surface area contributed by atoms with Crippen LogP contribution < -0.4 is 5.32 Å². The van der Waals surface area contributed by atoms with Gasteiger partial charge in [-0.3, -0.25) is 0 Å². The van der Waals surface area contributed by atoms with Crippen molar-refractivity contribution in [2.75, 3.05) is 5.32 Å². The van der Waals surface area contributed by atoms with E-state index in [9.17, 15) is 5.11 Å². The van der Waals surface area contributed by atoms with E-state index in [4.69, 9.17) is 11.6 Å². The highest BCUT2D eigenvalue weighted by Crippen LogP contribution is 2.18. The first-order valence-electron chi connectivity index (χ1n) is 6.72. The number of aryl methyl sites for hydroxylation is 2. The largest absolute Gasteiger partial charge is 0.508 e. The van der Waals surface area contributed by atoms with E-state index < -0.39 is 0 Å². The van der Waals surface area contributed by atoms with Crippen LogP contribution in [0.4, 0.5) is 5.69 Å². The van der Waals surface area contributed by atoms with Gasteiger partial charge in [-0.15, -0.1) is 0 Å². The van der Waals surface area contributed by atoms with Crippen molar-refractivity contribution in [3.8, 4) is 5.75 Å². The Labute approximate surface area is 124 Å². The number of hydrogen-bond acceptors (Lipinski definition) is 3. The molecule has 2 rings (SSSR count). The molecule has 0 saturated carbocycles. The molecule has 1 atom stereocenters. The van der Waals surface area contributed by atoms with Gasteiger partial charge in [0.2, 0.25) is 0 Å². The molecule has 0 radical (unpaired) electrons. The number of rotatable bonds is 5. The van der Waals surface area contributed by atoms with Gasteiger partial charge in [-0.1, -0.05) is 23.7 Å². The van der Waals surface area contributed by atoms with E-state index in [0.717, 1.165) is 24.2 Å². The van der Waals surface area contributed by atoms with Gasteiger partial charge in [-0.25, -0.2) is 4.98 Å². The summed E-state index contributed by atoms with van der Waals surface area (Å²) in [5, 5.41) is 13.2. The predicted octanol–water partition coefficient (Wildman–Crippen LogP) is 4.18. The van der Waals surface area contributed by atoms with Crippen LogP contribution in [0, 0.1) is 6.92 Å². The number of nitrogens with zero attached hydrogens (tertiary/aromatic N) is 1. The molecule has 1 unspecified atom stereocenters. The third kappa shape index (κ3) is 4.14. The summed E-state index contributed by atoms with van der Waals surface area (Å²) >= 11 is 5.85. The molecule has 0 saturated heterocycles. The molecule has 20 heavy (non-hydrogen) atoms. The van der Waals surface area contributed by atoms with Crippen LogP contribution in [0.3, 0.4) is 0 Å². The molecule has 4 heteroatoms. The summed E-state index contributed by atoms with van der Waals surface area (Å²) < 4.78 is 0. The quantitative estimate of drug-likeness (QED) is 0.812. The van der Waals surface area contributed by atoms with Crippen LogP contribution in [-0.4, -0.2) is 16.1 Å². The van der Waals surface area contributed by atoms with Crippen molar-refractivity contribution in [1.29, 1.82) is 0 Å². The molecular weight excluding hydrogens is 272 g/mol. The van der Waals surface area contributed by atoms with Gasteiger partial charge in [-0.05, 0) is 56.5 Å². The minimum atomic E-state index is 0.308. The molecule has 0 fully saturated rings. The lowest BCUT2D eigenvalue weighted by Gasteiger charge is -2.16. The number of halogens is 1. The molecule has 1 heterocycles. The maximum Gasteiger partial charge on any atom is 0.129 e. The van der Waals surface area contributed by atoms with Crippen LogP contribution in [0.1, 0.15) is 24.6 Å². The Morgan fingerprint density at radius 2 is 1.90 bits per heavy atom. The number of nitrogens with one attached hydrogen (secondary N) is 1. The maximum atomic E-state index is 9.25. The molecule has 3 nitrogen and oxygen atoms in total. The molecule has 106 valence electrons. The summed E-state index contributed by atoms with van der Waals surface area (Å²) in [6, 6.07) is 11.5. The number of phenolic OH excluding ortho intramolecular Hbond substituents is 1. The number of hydrogen-bond donors (Lipinski definition) is 2. The van der Waals surface area contributed by atoms with E-state index in [0.29, 0.717) is 16.9 Å². The van der Waals surface area contributed by atoms with Gasteiger partial charge in [0.15, 0.2) is 0 Å². The second-order valence-corrected chi connectivity index (χ2v) is 5.40. The smallest absolute Gasteiger partial charge is 0.129 e. The number of benzene rings is 1. The van der Waals surface area contributed by atoms with E-state index in [1.54, 1.807) is 18.2 Å². The fourth-order valence-electron chi connectivity index (χ4n) is 2.07. The van der Waals surface area contributed by atoms with Crippen LogP contribution in [0.2, 0.25) is 5.15 Å². The first kappa shape index (κ1) is 14.7. The molecule has 0 aliphatic heterocycles. The lowest BCUT2D eigenvalue weighted by atomic mass is 10.1. The second-order valence-electron chi connectivity index (χ2n) is 5.02. The van der Waals surface area contributed by atoms with Crippen molar-refractivity contribution in [2.24, 2.45) is 0 Å². The number of anilines is 1. The van der Waals surface area contributed by atoms with Gasteiger partial charge >= 0.3 is 0 Å². The van der Waals surface area contributed by atoms with E-state index in [1.165, 1.54) is 5.56 Å². The number of pyridine rings is 1. The van der Waals surface area contributed by atoms with Crippen molar-refractivity contribution >= 4 is 17.3 Å². The van der Waals surface area contributed by atoms with E-state index >= 15 is 0 Å². The standard InChI is InChI=1S/C16H19ClN2O/c1-11(3-4-13-5-7-14(20)8-6-13)18-15-9-10-16(17)19-12(15)2/h5-11,18,20H,3-4H2,1-2H3. The molecule has 1 aromatic carbocycles. The molecule has 0 amide bonds. The monoisotopic (exact) mass is 290 g/mol. The minimum Gasteiger partial charge on any atom is -0.508 e. The molecule has 1 aromatic heterocycles. The number of aromatic hydroxyl groups is 1. The van der Waals surface area contributed by atoms with Crippen molar-refractivity contribution in [1.82, 2.24) is 4.98 Å². The molecular formula is C16H19ClN2O. The van der Waals surface area contributed by atoms with Crippen LogP contribution in [-0.2, 0) is 6.42 Å². The summed E-state index contributed by atoms with van der Waals surface area (Å²) in [7, 11) is 0. The number of phenols is 1. The Hall–Kier alpha value is -1.74. The third-order valence-corrected chi connectivity index (χ3v) is 3.47. The molecule has 0 aliphatic carbocycles. The van der Waals surface area contributed by atoms with Crippen molar-refractivity contribution < 1.29 is 5.11 Å². The zero-order chi connectivity index (χ0) is 14.5. The summed E-state index contributed by atoms with van der Waals surface area (Å²) in [6.07, 6.45) is 1.97. The Morgan fingerprint density at radius 3 is 2.55 bits per heavy atom. The lowest BCUT2D eigenvalue weighted by Crippen LogP contribution is -2.17. The molecule has 2 N–H and O–H groups in total. The van der Waals surface area contributed by atoms with Crippen LogP contribution in [0.15, 0.2) is 36.4 Å². The Balaban J connectivity index is 1.89. The van der Waals surface area contributed by atoms with Crippen LogP contribution in [0.5, 0.6) is 5.75 Å². The first-order chi connectivity index (χ1) is 9.54. The average Bonchev–Trinajstić information content (AvgIpc) is 2.41. The topological polar surface area (TPSA) is 45.2 Å². The number of aromatic nitrogens is 1. The molecule has 0 aliphatic rings. The first-order valence-corrected chi connectivity index (χ1v) is 7.10. The van der Waals surface area contributed by atoms with E-state index in [1.807, 2.05) is 25.1 Å². The fraction of sp³-hybridized carbons (Fsp3) is 0.312. The van der Waals surface area contributed by atoms with Gasteiger partial charge in [0.05, 0.1) is 11.4 Å². The minimum absolute atomic E-state index is 0.308. The second kappa shape index (κ2) is 6.62. The van der Waals surface area contributed by atoms with Crippen LogP contribution >= 0.6 is 11.6 Å². The zero-order valence-electron chi connectivity index (χ0n) is 11.7. The van der Waals surface area contributed by atoms with Gasteiger partial charge in [0, 0.05) is 6.04 Å². The summed E-state index contributed by atoms with van der Waals surface area (Å²) in [5.74, 6) is 0.308. The van der Waals surface area contributed by atoms with Crippen molar-refractivity contribution in [3.05, 3.63) is 52.8 Å². The van der Waals surface area contributed by atoms with Crippen molar-refractivity contribution in [3.63, 3.8) is 0 Å². The zero-order valence-corrected chi connectivity index (χ0v) is 12.5. The Morgan fingerprint density at radius 1 is 1.20 bits per heavy atom. The van der Waals surface area contributed by atoms with Gasteiger partial charge in [0.25, 0.3) is 0 Å². The highest BCUT2D eigenvalue weighted by molar-refractivity contribution is 6.29. The SMILES string of the molecule is Cc1nc(Cl)ccc1NC(C)CCc1ccc(O)cc1. The Kier molecular flexibility index (Phi) is 4.85. The van der Waals surface area contributed by atoms with Gasteiger partial charge in [0.1, 0.15) is 10.9 Å². The fourth-order valence-corrected chi connectivity index (χ4v) is 2.26. The average molecular weight is 291 g/mol.